The summed E-state index contributed by atoms with van der Waals surface area (Å²) in [5.74, 6) is 0.962. The molecule has 2 aromatic heterocycles. The lowest BCUT2D eigenvalue weighted by Crippen LogP contribution is -2.28. The van der Waals surface area contributed by atoms with Crippen LogP contribution in [0.5, 0.6) is 0 Å². The van der Waals surface area contributed by atoms with Gasteiger partial charge in [0.25, 0.3) is 0 Å². The van der Waals surface area contributed by atoms with Crippen molar-refractivity contribution in [2.45, 2.75) is 5.41 Å². The van der Waals surface area contributed by atoms with Crippen LogP contribution in [0, 0.1) is 0 Å². The van der Waals surface area contributed by atoms with Gasteiger partial charge in [-0.3, -0.25) is 0 Å². The highest BCUT2D eigenvalue weighted by molar-refractivity contribution is 6.10. The zero-order chi connectivity index (χ0) is 42.2. The van der Waals surface area contributed by atoms with Crippen LogP contribution in [0.3, 0.4) is 0 Å². The first kappa shape index (κ1) is 36.3. The Labute approximate surface area is 371 Å². The summed E-state index contributed by atoms with van der Waals surface area (Å²) in [6.07, 6.45) is 0. The first-order valence-corrected chi connectivity index (χ1v) is 22.0. The van der Waals surface area contributed by atoms with E-state index in [9.17, 15) is 0 Å². The Kier molecular flexibility index (Phi) is 8.13. The van der Waals surface area contributed by atoms with Crippen molar-refractivity contribution in [3.05, 3.63) is 265 Å². The number of aromatic nitrogens is 1. The molecule has 0 radical (unpaired) electrons. The quantitative estimate of drug-likeness (QED) is 0.160. The number of para-hydroxylation sites is 3. The molecule has 300 valence electrons. The molecular formula is C61H40N2O. The maximum absolute atomic E-state index is 7.05. The topological polar surface area (TPSA) is 21.3 Å². The Morgan fingerprint density at radius 3 is 1.73 bits per heavy atom. The zero-order valence-electron chi connectivity index (χ0n) is 34.9. The summed E-state index contributed by atoms with van der Waals surface area (Å²) in [4.78, 5) is 2.41. The predicted molar refractivity (Wildman–Crippen MR) is 265 cm³/mol. The van der Waals surface area contributed by atoms with Gasteiger partial charge in [0.2, 0.25) is 0 Å². The molecule has 0 saturated heterocycles. The van der Waals surface area contributed by atoms with Gasteiger partial charge in [-0.15, -0.1) is 0 Å². The van der Waals surface area contributed by atoms with E-state index in [2.05, 4.69) is 252 Å². The summed E-state index contributed by atoms with van der Waals surface area (Å²) in [7, 11) is 0. The third-order valence-electron chi connectivity index (χ3n) is 13.4. The summed E-state index contributed by atoms with van der Waals surface area (Å²) in [6, 6.07) is 88.0. The molecule has 0 saturated carbocycles. The Morgan fingerprint density at radius 1 is 0.391 bits per heavy atom. The molecule has 0 aliphatic heterocycles. The summed E-state index contributed by atoms with van der Waals surface area (Å²) in [6.45, 7) is 0. The second kappa shape index (κ2) is 14.3. The average Bonchev–Trinajstić information content (AvgIpc) is 4.01. The van der Waals surface area contributed by atoms with Crippen molar-refractivity contribution in [3.8, 4) is 27.9 Å². The highest BCUT2D eigenvalue weighted by Crippen LogP contribution is 2.60. The lowest BCUT2D eigenvalue weighted by Gasteiger charge is -2.33. The van der Waals surface area contributed by atoms with Crippen molar-refractivity contribution in [3.63, 3.8) is 0 Å². The molecule has 0 unspecified atom stereocenters. The van der Waals surface area contributed by atoms with Crippen LogP contribution in [-0.4, -0.2) is 4.57 Å². The number of benzene rings is 10. The van der Waals surface area contributed by atoms with Gasteiger partial charge in [-0.2, -0.15) is 0 Å². The van der Waals surface area contributed by atoms with Gasteiger partial charge in [-0.25, -0.2) is 0 Å². The maximum atomic E-state index is 7.05. The minimum Gasteiger partial charge on any atom is -0.459 e. The molecule has 12 aromatic rings. The van der Waals surface area contributed by atoms with Gasteiger partial charge in [0.15, 0.2) is 0 Å². The third-order valence-corrected chi connectivity index (χ3v) is 13.4. The van der Waals surface area contributed by atoms with Crippen LogP contribution >= 0.6 is 0 Å². The van der Waals surface area contributed by atoms with Gasteiger partial charge >= 0.3 is 0 Å². The Bertz CT molecular complexity index is 3680. The second-order valence-corrected chi connectivity index (χ2v) is 16.8. The fourth-order valence-corrected chi connectivity index (χ4v) is 10.6. The fourth-order valence-electron chi connectivity index (χ4n) is 10.6. The van der Waals surface area contributed by atoms with Crippen LogP contribution in [0.2, 0.25) is 0 Å². The van der Waals surface area contributed by atoms with E-state index in [-0.39, 0.29) is 0 Å². The van der Waals surface area contributed by atoms with E-state index in [0.29, 0.717) is 0 Å². The molecule has 2 heterocycles. The van der Waals surface area contributed by atoms with Crippen LogP contribution in [0.4, 0.5) is 17.1 Å². The monoisotopic (exact) mass is 816 g/mol. The number of anilines is 3. The minimum atomic E-state index is -0.691. The van der Waals surface area contributed by atoms with E-state index >= 15 is 0 Å². The first-order valence-electron chi connectivity index (χ1n) is 22.0. The normalized spacial score (nSPS) is 12.8. The van der Waals surface area contributed by atoms with Crippen molar-refractivity contribution < 1.29 is 4.42 Å². The largest absolute Gasteiger partial charge is 0.459 e. The lowest BCUT2D eigenvalue weighted by molar-refractivity contribution is 0.502. The van der Waals surface area contributed by atoms with Crippen LogP contribution < -0.4 is 4.90 Å². The van der Waals surface area contributed by atoms with Gasteiger partial charge in [0.1, 0.15) is 16.8 Å². The molecule has 1 aliphatic rings. The van der Waals surface area contributed by atoms with Gasteiger partial charge in [-0.1, -0.05) is 170 Å². The van der Waals surface area contributed by atoms with Crippen molar-refractivity contribution in [1.82, 2.24) is 4.57 Å². The molecule has 0 amide bonds. The van der Waals surface area contributed by atoms with Gasteiger partial charge in [0.05, 0.1) is 11.0 Å². The Balaban J connectivity index is 0.997. The molecule has 10 aromatic carbocycles. The Morgan fingerprint density at radius 2 is 0.969 bits per heavy atom. The summed E-state index contributed by atoms with van der Waals surface area (Å²) >= 11 is 0. The summed E-state index contributed by atoms with van der Waals surface area (Å²) in [5, 5.41) is 6.02. The molecular weight excluding hydrogens is 777 g/mol. The Hall–Kier alpha value is -8.40. The van der Waals surface area contributed by atoms with Crippen LogP contribution in [0.15, 0.2) is 247 Å². The molecule has 0 spiro atoms. The van der Waals surface area contributed by atoms with E-state index < -0.39 is 5.41 Å². The van der Waals surface area contributed by atoms with Crippen LogP contribution in [-0.2, 0) is 5.41 Å². The predicted octanol–water partition coefficient (Wildman–Crippen LogP) is 16.2. The van der Waals surface area contributed by atoms with Crippen molar-refractivity contribution >= 4 is 60.6 Å². The number of hydrogen-bond acceptors (Lipinski definition) is 2. The molecule has 3 heteroatoms. The molecule has 3 nitrogen and oxygen atoms in total. The van der Waals surface area contributed by atoms with Gasteiger partial charge in [0, 0.05) is 44.5 Å². The molecule has 0 bridgehead atoms. The third kappa shape index (κ3) is 5.41. The minimum absolute atomic E-state index is 0.691. The van der Waals surface area contributed by atoms with Crippen molar-refractivity contribution in [2.24, 2.45) is 0 Å². The standard InChI is InChI=1S/C61H40N2O/c1-4-18-45(19-5-1)61(46-20-6-2-7-21-46)55-40-50(35-36-52(55)59-53-25-13-15-27-58(53)64-60(59)61)62(49-34-30-41-16-10-11-17-43(41)38-49)48-32-28-42(29-33-48)44-31-37-57-54(39-44)51-24-12-14-26-56(51)63(57)47-22-8-3-9-23-47/h1-40H. The van der Waals surface area contributed by atoms with Gasteiger partial charge in [-0.05, 0) is 117 Å². The molecule has 13 rings (SSSR count). The van der Waals surface area contributed by atoms with Crippen molar-refractivity contribution in [2.75, 3.05) is 4.90 Å². The van der Waals surface area contributed by atoms with Gasteiger partial charge < -0.3 is 13.9 Å². The molecule has 0 atom stereocenters. The molecule has 0 fully saturated rings. The molecule has 0 N–H and O–H groups in total. The van der Waals surface area contributed by atoms with E-state index in [1.54, 1.807) is 0 Å². The number of fused-ring (bicyclic) bond motifs is 9. The highest BCUT2D eigenvalue weighted by atomic mass is 16.3. The first-order chi connectivity index (χ1) is 31.7. The lowest BCUT2D eigenvalue weighted by atomic mass is 9.70. The van der Waals surface area contributed by atoms with Crippen LogP contribution in [0.25, 0.3) is 71.5 Å². The zero-order valence-corrected chi connectivity index (χ0v) is 34.9. The van der Waals surface area contributed by atoms with E-state index in [1.807, 2.05) is 0 Å². The average molecular weight is 817 g/mol. The van der Waals surface area contributed by atoms with E-state index in [4.69, 9.17) is 4.42 Å². The number of nitrogens with zero attached hydrogens (tertiary/aromatic N) is 2. The van der Waals surface area contributed by atoms with E-state index in [0.717, 1.165) is 45.0 Å². The summed E-state index contributed by atoms with van der Waals surface area (Å²) < 4.78 is 9.42. The maximum Gasteiger partial charge on any atom is 0.135 e. The van der Waals surface area contributed by atoms with Crippen LogP contribution in [0.1, 0.15) is 22.5 Å². The smallest absolute Gasteiger partial charge is 0.135 e. The fraction of sp³-hybridized carbons (Fsp3) is 0.0164. The number of rotatable bonds is 7. The number of hydrogen-bond donors (Lipinski definition) is 0. The SMILES string of the molecule is c1ccc(-n2c3ccccc3c3cc(-c4ccc(N(c5ccc6c(c5)C(c5ccccc5)(c5ccccc5)c5oc7ccccc7c5-6)c5ccc6ccccc6c5)cc4)ccc32)cc1. The number of furan rings is 1. The molecule has 1 aliphatic carbocycles. The van der Waals surface area contributed by atoms with Crippen molar-refractivity contribution in [1.29, 1.82) is 0 Å². The van der Waals surface area contributed by atoms with E-state index in [1.165, 1.54) is 66.0 Å². The molecule has 64 heavy (non-hydrogen) atoms. The second-order valence-electron chi connectivity index (χ2n) is 16.8. The summed E-state index contributed by atoms with van der Waals surface area (Å²) in [5.41, 5.74) is 15.2. The highest BCUT2D eigenvalue weighted by Gasteiger charge is 2.50.